The van der Waals surface area contributed by atoms with E-state index >= 15 is 0 Å². The van der Waals surface area contributed by atoms with E-state index in [1.807, 2.05) is 0 Å². The molecule has 1 fully saturated rings. The number of hydrazone groups is 1. The van der Waals surface area contributed by atoms with Crippen molar-refractivity contribution in [3.8, 4) is 0 Å². The average molecular weight is 208 g/mol. The number of ether oxygens (including phenoxy) is 1. The van der Waals surface area contributed by atoms with Crippen LogP contribution in [0.3, 0.4) is 0 Å². The third-order valence-electron chi connectivity index (χ3n) is 2.13. The van der Waals surface area contributed by atoms with E-state index in [0.29, 0.717) is 12.4 Å². The van der Waals surface area contributed by atoms with Crippen molar-refractivity contribution in [2.45, 2.75) is 18.9 Å². The van der Waals surface area contributed by atoms with Gasteiger partial charge in [0.15, 0.2) is 0 Å². The molecule has 0 saturated carbocycles. The zero-order chi connectivity index (χ0) is 10.5. The van der Waals surface area contributed by atoms with Crippen LogP contribution in [0.2, 0.25) is 0 Å². The van der Waals surface area contributed by atoms with Crippen LogP contribution in [0.25, 0.3) is 0 Å². The zero-order valence-corrected chi connectivity index (χ0v) is 8.18. The van der Waals surface area contributed by atoms with Gasteiger partial charge in [0.25, 0.3) is 5.91 Å². The second-order valence-corrected chi connectivity index (χ2v) is 3.25. The van der Waals surface area contributed by atoms with Gasteiger partial charge in [-0.15, -0.1) is 0 Å². The topological polar surface area (TPSA) is 63.8 Å². The SMILES string of the molecule is O=C(NN=Cc1ccco1)C1CCCO1. The predicted octanol–water partition coefficient (Wildman–Crippen LogP) is 0.909. The Morgan fingerprint density at radius 2 is 2.60 bits per heavy atom. The molecule has 1 aromatic heterocycles. The second kappa shape index (κ2) is 4.75. The molecule has 1 aromatic rings. The number of furan rings is 1. The smallest absolute Gasteiger partial charge is 0.269 e. The van der Waals surface area contributed by atoms with E-state index in [9.17, 15) is 4.79 Å². The van der Waals surface area contributed by atoms with Crippen LogP contribution in [-0.2, 0) is 9.53 Å². The quantitative estimate of drug-likeness (QED) is 0.593. The molecule has 0 spiro atoms. The highest BCUT2D eigenvalue weighted by Gasteiger charge is 2.22. The molecule has 0 aliphatic carbocycles. The summed E-state index contributed by atoms with van der Waals surface area (Å²) in [7, 11) is 0. The van der Waals surface area contributed by atoms with Gasteiger partial charge in [-0.3, -0.25) is 4.79 Å². The van der Waals surface area contributed by atoms with Crippen LogP contribution < -0.4 is 5.43 Å². The van der Waals surface area contributed by atoms with Crippen molar-refractivity contribution in [1.82, 2.24) is 5.43 Å². The van der Waals surface area contributed by atoms with Crippen LogP contribution in [-0.4, -0.2) is 24.8 Å². The van der Waals surface area contributed by atoms with E-state index in [1.165, 1.54) is 6.21 Å². The molecule has 2 heterocycles. The van der Waals surface area contributed by atoms with Crippen LogP contribution in [0.4, 0.5) is 0 Å². The van der Waals surface area contributed by atoms with Crippen molar-refractivity contribution < 1.29 is 13.9 Å². The van der Waals surface area contributed by atoms with Gasteiger partial charge in [0.05, 0.1) is 12.5 Å². The Morgan fingerprint density at radius 1 is 1.67 bits per heavy atom. The van der Waals surface area contributed by atoms with E-state index in [4.69, 9.17) is 9.15 Å². The summed E-state index contributed by atoms with van der Waals surface area (Å²) in [6.45, 7) is 0.653. The van der Waals surface area contributed by atoms with Gasteiger partial charge in [0.2, 0.25) is 0 Å². The molecule has 1 N–H and O–H groups in total. The van der Waals surface area contributed by atoms with Crippen molar-refractivity contribution >= 4 is 12.1 Å². The second-order valence-electron chi connectivity index (χ2n) is 3.25. The lowest BCUT2D eigenvalue weighted by molar-refractivity contribution is -0.130. The molecule has 1 aliphatic heterocycles. The summed E-state index contributed by atoms with van der Waals surface area (Å²) < 4.78 is 10.2. The molecule has 0 radical (unpaired) electrons. The summed E-state index contributed by atoms with van der Waals surface area (Å²) in [5, 5.41) is 3.76. The number of carbonyl (C=O) groups is 1. The lowest BCUT2D eigenvalue weighted by Crippen LogP contribution is -2.30. The fourth-order valence-corrected chi connectivity index (χ4v) is 1.38. The Balaban J connectivity index is 1.80. The highest BCUT2D eigenvalue weighted by molar-refractivity contribution is 5.83. The Bertz CT molecular complexity index is 340. The minimum absolute atomic E-state index is 0.199. The van der Waals surface area contributed by atoms with Crippen molar-refractivity contribution in [3.05, 3.63) is 24.2 Å². The maximum Gasteiger partial charge on any atom is 0.269 e. The Hall–Kier alpha value is -1.62. The first-order chi connectivity index (χ1) is 7.36. The summed E-state index contributed by atoms with van der Waals surface area (Å²) in [5.74, 6) is 0.401. The third kappa shape index (κ3) is 2.66. The molecule has 15 heavy (non-hydrogen) atoms. The first-order valence-corrected chi connectivity index (χ1v) is 4.84. The maximum atomic E-state index is 11.4. The molecule has 80 valence electrons. The normalized spacial score (nSPS) is 20.9. The van der Waals surface area contributed by atoms with Gasteiger partial charge in [0.1, 0.15) is 11.9 Å². The van der Waals surface area contributed by atoms with Gasteiger partial charge in [-0.2, -0.15) is 5.10 Å². The van der Waals surface area contributed by atoms with Gasteiger partial charge < -0.3 is 9.15 Å². The van der Waals surface area contributed by atoms with Gasteiger partial charge in [-0.05, 0) is 25.0 Å². The standard InChI is InChI=1S/C10H12N2O3/c13-10(9-4-2-6-15-9)12-11-7-8-3-1-5-14-8/h1,3,5,7,9H,2,4,6H2,(H,12,13). The maximum absolute atomic E-state index is 11.4. The summed E-state index contributed by atoms with van der Waals surface area (Å²) in [5.41, 5.74) is 2.41. The summed E-state index contributed by atoms with van der Waals surface area (Å²) in [6.07, 6.45) is 4.34. The molecule has 5 nitrogen and oxygen atoms in total. The first-order valence-electron chi connectivity index (χ1n) is 4.84. The van der Waals surface area contributed by atoms with Crippen LogP contribution in [0.5, 0.6) is 0 Å². The molecular formula is C10H12N2O3. The van der Waals surface area contributed by atoms with Gasteiger partial charge in [0, 0.05) is 6.61 Å². The van der Waals surface area contributed by atoms with Crippen molar-refractivity contribution in [3.63, 3.8) is 0 Å². The molecule has 0 aromatic carbocycles. The monoisotopic (exact) mass is 208 g/mol. The number of hydrogen-bond donors (Lipinski definition) is 1. The van der Waals surface area contributed by atoms with Crippen molar-refractivity contribution in [2.24, 2.45) is 5.10 Å². The molecular weight excluding hydrogens is 196 g/mol. The van der Waals surface area contributed by atoms with Crippen LogP contribution in [0.1, 0.15) is 18.6 Å². The van der Waals surface area contributed by atoms with Gasteiger partial charge in [-0.25, -0.2) is 5.43 Å². The lowest BCUT2D eigenvalue weighted by atomic mass is 10.2. The lowest BCUT2D eigenvalue weighted by Gasteiger charge is -2.05. The predicted molar refractivity (Wildman–Crippen MR) is 53.4 cm³/mol. The fourth-order valence-electron chi connectivity index (χ4n) is 1.38. The molecule has 1 aliphatic rings. The summed E-state index contributed by atoms with van der Waals surface area (Å²) in [4.78, 5) is 11.4. The highest BCUT2D eigenvalue weighted by Crippen LogP contribution is 2.11. The number of nitrogens with zero attached hydrogens (tertiary/aromatic N) is 1. The van der Waals surface area contributed by atoms with Gasteiger partial charge >= 0.3 is 0 Å². The molecule has 5 heteroatoms. The summed E-state index contributed by atoms with van der Waals surface area (Å²) in [6, 6.07) is 3.50. The number of amides is 1. The van der Waals surface area contributed by atoms with Crippen molar-refractivity contribution in [2.75, 3.05) is 6.61 Å². The van der Waals surface area contributed by atoms with E-state index in [-0.39, 0.29) is 12.0 Å². The number of carbonyl (C=O) groups excluding carboxylic acids is 1. The largest absolute Gasteiger partial charge is 0.463 e. The minimum Gasteiger partial charge on any atom is -0.463 e. The van der Waals surface area contributed by atoms with Crippen LogP contribution in [0, 0.1) is 0 Å². The van der Waals surface area contributed by atoms with Crippen LogP contribution in [0.15, 0.2) is 27.9 Å². The Labute approximate surface area is 87.1 Å². The molecule has 1 saturated heterocycles. The van der Waals surface area contributed by atoms with E-state index in [0.717, 1.165) is 12.8 Å². The van der Waals surface area contributed by atoms with E-state index in [2.05, 4.69) is 10.5 Å². The average Bonchev–Trinajstić information content (AvgIpc) is 2.90. The van der Waals surface area contributed by atoms with Gasteiger partial charge in [-0.1, -0.05) is 0 Å². The highest BCUT2D eigenvalue weighted by atomic mass is 16.5. The number of nitrogens with one attached hydrogen (secondary N) is 1. The molecule has 2 rings (SSSR count). The Morgan fingerprint density at radius 3 is 3.27 bits per heavy atom. The summed E-state index contributed by atoms with van der Waals surface area (Å²) >= 11 is 0. The zero-order valence-electron chi connectivity index (χ0n) is 8.18. The molecule has 1 unspecified atom stereocenters. The fraction of sp³-hybridized carbons (Fsp3) is 0.400. The number of hydrogen-bond acceptors (Lipinski definition) is 4. The Kier molecular flexibility index (Phi) is 3.14. The third-order valence-corrected chi connectivity index (χ3v) is 2.13. The van der Waals surface area contributed by atoms with Crippen molar-refractivity contribution in [1.29, 1.82) is 0 Å². The van der Waals surface area contributed by atoms with E-state index < -0.39 is 0 Å². The molecule has 0 bridgehead atoms. The first kappa shape index (κ1) is 9.92. The molecule has 1 amide bonds. The van der Waals surface area contributed by atoms with Crippen LogP contribution >= 0.6 is 0 Å². The number of rotatable bonds is 3. The minimum atomic E-state index is -0.348. The van der Waals surface area contributed by atoms with E-state index in [1.54, 1.807) is 18.4 Å². The molecule has 1 atom stereocenters.